The summed E-state index contributed by atoms with van der Waals surface area (Å²) in [6, 6.07) is 0. The second-order valence-corrected chi connectivity index (χ2v) is 1.61. The highest BCUT2D eigenvalue weighted by atomic mass is 35.5. The molecular formula is C3H7Cl2NO. The average molecular weight is 144 g/mol. The molecule has 0 fully saturated rings. The zero-order valence-corrected chi connectivity index (χ0v) is 5.68. The standard InChI is InChI=1S/C2H7N.CCl2O/c1-3-2;2-1(3)4/h3H,1-2H3;. The molecule has 0 aliphatic carbocycles. The molecular weight excluding hydrogens is 137 g/mol. The first-order valence-corrected chi connectivity index (χ1v) is 2.34. The molecule has 0 atom stereocenters. The van der Waals surface area contributed by atoms with Crippen LogP contribution in [0.4, 0.5) is 4.79 Å². The van der Waals surface area contributed by atoms with Crippen LogP contribution in [-0.4, -0.2) is 18.8 Å². The van der Waals surface area contributed by atoms with E-state index in [2.05, 4.69) is 28.5 Å². The Kier molecular flexibility index (Phi) is 13.9. The highest BCUT2D eigenvalue weighted by Gasteiger charge is 1.72. The summed E-state index contributed by atoms with van der Waals surface area (Å²) in [7, 11) is 3.75. The topological polar surface area (TPSA) is 29.1 Å². The van der Waals surface area contributed by atoms with Crippen molar-refractivity contribution in [2.75, 3.05) is 14.1 Å². The lowest BCUT2D eigenvalue weighted by Crippen LogP contribution is -1.89. The fourth-order valence-corrected chi connectivity index (χ4v) is 0. The van der Waals surface area contributed by atoms with Crippen molar-refractivity contribution in [2.45, 2.75) is 0 Å². The van der Waals surface area contributed by atoms with E-state index in [9.17, 15) is 0 Å². The summed E-state index contributed by atoms with van der Waals surface area (Å²) in [5.41, 5.74) is 0. The highest BCUT2D eigenvalue weighted by Crippen LogP contribution is 1.84. The summed E-state index contributed by atoms with van der Waals surface area (Å²) in [6.45, 7) is 0. The Morgan fingerprint density at radius 2 is 1.43 bits per heavy atom. The number of rotatable bonds is 0. The van der Waals surface area contributed by atoms with E-state index in [0.717, 1.165) is 0 Å². The number of carbonyl (C=O) groups excluding carboxylic acids is 1. The molecule has 1 N–H and O–H groups in total. The van der Waals surface area contributed by atoms with E-state index in [0.29, 0.717) is 0 Å². The molecule has 0 aromatic carbocycles. The van der Waals surface area contributed by atoms with Gasteiger partial charge in [0, 0.05) is 0 Å². The third kappa shape index (κ3) is 2500. The molecule has 0 unspecified atom stereocenters. The maximum atomic E-state index is 8.98. The van der Waals surface area contributed by atoms with Crippen LogP contribution in [0.5, 0.6) is 0 Å². The van der Waals surface area contributed by atoms with Gasteiger partial charge in [0.15, 0.2) is 0 Å². The molecule has 7 heavy (non-hydrogen) atoms. The minimum absolute atomic E-state index is 0.889. The summed E-state index contributed by atoms with van der Waals surface area (Å²) in [4.78, 5) is 8.98. The zero-order chi connectivity index (χ0) is 6.28. The van der Waals surface area contributed by atoms with Gasteiger partial charge in [0.1, 0.15) is 0 Å². The smallest absolute Gasteiger partial charge is 0.313 e. The molecule has 0 saturated heterocycles. The van der Waals surface area contributed by atoms with E-state index < -0.39 is 4.70 Å². The van der Waals surface area contributed by atoms with Crippen molar-refractivity contribution in [3.05, 3.63) is 0 Å². The minimum atomic E-state index is -0.889. The first-order chi connectivity index (χ1) is 3.15. The van der Waals surface area contributed by atoms with Gasteiger partial charge in [-0.15, -0.1) is 0 Å². The first-order valence-electron chi connectivity index (χ1n) is 1.58. The maximum Gasteiger partial charge on any atom is 0.313 e. The average Bonchev–Trinajstić information content (AvgIpc) is 1.33. The summed E-state index contributed by atoms with van der Waals surface area (Å²) in [5, 5.41) is 2.75. The van der Waals surface area contributed by atoms with Crippen molar-refractivity contribution in [3.63, 3.8) is 0 Å². The van der Waals surface area contributed by atoms with E-state index >= 15 is 0 Å². The van der Waals surface area contributed by atoms with Crippen LogP contribution >= 0.6 is 23.2 Å². The molecule has 0 heterocycles. The molecule has 2 nitrogen and oxygen atoms in total. The Hall–Kier alpha value is 0.210. The molecule has 0 radical (unpaired) electrons. The fourth-order valence-electron chi connectivity index (χ4n) is 0. The number of carbonyl (C=O) groups is 1. The van der Waals surface area contributed by atoms with Crippen LogP contribution in [0, 0.1) is 0 Å². The van der Waals surface area contributed by atoms with Crippen LogP contribution in [-0.2, 0) is 0 Å². The van der Waals surface area contributed by atoms with Crippen LogP contribution in [0.1, 0.15) is 0 Å². The molecule has 0 aliphatic rings. The van der Waals surface area contributed by atoms with E-state index in [4.69, 9.17) is 4.79 Å². The number of nitrogens with one attached hydrogen (secondary N) is 1. The predicted octanol–water partition coefficient (Wildman–Crippen LogP) is 1.42. The van der Waals surface area contributed by atoms with Crippen molar-refractivity contribution >= 4 is 27.9 Å². The Balaban J connectivity index is 0. The van der Waals surface area contributed by atoms with Crippen LogP contribution in [0.3, 0.4) is 0 Å². The summed E-state index contributed by atoms with van der Waals surface area (Å²) in [6.07, 6.45) is 0. The lowest BCUT2D eigenvalue weighted by atomic mass is 11.3. The van der Waals surface area contributed by atoms with Gasteiger partial charge in [-0.3, -0.25) is 4.79 Å². The van der Waals surface area contributed by atoms with Gasteiger partial charge in [-0.25, -0.2) is 0 Å². The third-order valence-electron chi connectivity index (χ3n) is 0. The number of hydrogen-bond acceptors (Lipinski definition) is 2. The van der Waals surface area contributed by atoms with Gasteiger partial charge in [-0.05, 0) is 37.3 Å². The summed E-state index contributed by atoms with van der Waals surface area (Å²) >= 11 is 8.80. The molecule has 0 amide bonds. The van der Waals surface area contributed by atoms with Gasteiger partial charge in [-0.2, -0.15) is 0 Å². The monoisotopic (exact) mass is 143 g/mol. The van der Waals surface area contributed by atoms with Gasteiger partial charge >= 0.3 is 4.70 Å². The fraction of sp³-hybridized carbons (Fsp3) is 0.667. The maximum absolute atomic E-state index is 8.98. The SMILES string of the molecule is CNC.O=C(Cl)Cl. The Morgan fingerprint density at radius 1 is 1.43 bits per heavy atom. The normalized spacial score (nSPS) is 6.29. The number of halogens is 2. The van der Waals surface area contributed by atoms with Crippen molar-refractivity contribution in [2.24, 2.45) is 0 Å². The second kappa shape index (κ2) is 9.51. The van der Waals surface area contributed by atoms with E-state index in [-0.39, 0.29) is 0 Å². The Labute approximate surface area is 52.8 Å². The largest absolute Gasteiger partial charge is 0.323 e. The molecule has 0 aliphatic heterocycles. The molecule has 44 valence electrons. The van der Waals surface area contributed by atoms with Gasteiger partial charge in [0.25, 0.3) is 0 Å². The lowest BCUT2D eigenvalue weighted by Gasteiger charge is -1.59. The van der Waals surface area contributed by atoms with Gasteiger partial charge in [0.05, 0.1) is 0 Å². The van der Waals surface area contributed by atoms with E-state index in [1.54, 1.807) is 0 Å². The lowest BCUT2D eigenvalue weighted by molar-refractivity contribution is 0.275. The van der Waals surface area contributed by atoms with Gasteiger partial charge in [0.2, 0.25) is 0 Å². The Morgan fingerprint density at radius 3 is 1.43 bits per heavy atom. The summed E-state index contributed by atoms with van der Waals surface area (Å²) in [5.74, 6) is 0. The second-order valence-electron chi connectivity index (χ2n) is 0.726. The zero-order valence-electron chi connectivity index (χ0n) is 4.16. The predicted molar refractivity (Wildman–Crippen MR) is 32.1 cm³/mol. The molecule has 0 aromatic rings. The minimum Gasteiger partial charge on any atom is -0.323 e. The molecule has 0 saturated carbocycles. The highest BCUT2D eigenvalue weighted by molar-refractivity contribution is 6.93. The van der Waals surface area contributed by atoms with E-state index in [1.807, 2.05) is 14.1 Å². The van der Waals surface area contributed by atoms with E-state index in [1.165, 1.54) is 0 Å². The van der Waals surface area contributed by atoms with Crippen LogP contribution in [0.25, 0.3) is 0 Å². The first kappa shape index (κ1) is 10.2. The van der Waals surface area contributed by atoms with Crippen molar-refractivity contribution in [1.29, 1.82) is 0 Å². The molecule has 0 spiro atoms. The molecule has 4 heteroatoms. The van der Waals surface area contributed by atoms with Crippen molar-refractivity contribution in [3.8, 4) is 0 Å². The molecule has 0 aromatic heterocycles. The van der Waals surface area contributed by atoms with Crippen molar-refractivity contribution in [1.82, 2.24) is 5.32 Å². The van der Waals surface area contributed by atoms with Gasteiger partial charge < -0.3 is 5.32 Å². The third-order valence-corrected chi connectivity index (χ3v) is 0. The molecule has 0 bridgehead atoms. The molecule has 0 rings (SSSR count). The van der Waals surface area contributed by atoms with Crippen molar-refractivity contribution < 1.29 is 4.79 Å². The Bertz CT molecular complexity index is 44.2. The van der Waals surface area contributed by atoms with Crippen LogP contribution < -0.4 is 5.32 Å². The van der Waals surface area contributed by atoms with Crippen LogP contribution in [0.15, 0.2) is 0 Å². The van der Waals surface area contributed by atoms with Crippen LogP contribution in [0.2, 0.25) is 0 Å². The van der Waals surface area contributed by atoms with Gasteiger partial charge in [-0.1, -0.05) is 0 Å². The summed E-state index contributed by atoms with van der Waals surface area (Å²) < 4.78 is -0.889. The number of hydrogen-bond donors (Lipinski definition) is 1. The quantitative estimate of drug-likeness (QED) is 0.521.